The van der Waals surface area contributed by atoms with Crippen LogP contribution in [0.15, 0.2) is 18.5 Å². The fraction of sp³-hybridized carbons (Fsp3) is 0.529. The van der Waals surface area contributed by atoms with Crippen LogP contribution >= 0.6 is 0 Å². The molecule has 8 nitrogen and oxygen atoms in total. The maximum absolute atomic E-state index is 12.6. The molecule has 136 valence electrons. The number of nitrogens with one attached hydrogen (secondary N) is 1. The number of hydrogen-bond acceptors (Lipinski definition) is 5. The molecule has 3 amide bonds. The number of pyridine rings is 1. The molecule has 25 heavy (non-hydrogen) atoms. The van der Waals surface area contributed by atoms with Crippen molar-refractivity contribution in [1.82, 2.24) is 20.1 Å². The molecular weight excluding hydrogens is 324 g/mol. The molecule has 0 aliphatic carbocycles. The zero-order valence-electron chi connectivity index (χ0n) is 14.7. The van der Waals surface area contributed by atoms with Gasteiger partial charge in [-0.1, -0.05) is 6.92 Å². The number of ether oxygens (including phenoxy) is 1. The summed E-state index contributed by atoms with van der Waals surface area (Å²) in [6.07, 6.45) is 3.38. The first-order chi connectivity index (χ1) is 12.1. The Balaban J connectivity index is 1.97. The Labute approximate surface area is 147 Å². The topological polar surface area (TPSA) is 91.8 Å². The molecule has 0 unspecified atom stereocenters. The lowest BCUT2D eigenvalue weighted by molar-refractivity contribution is 0.0570. The van der Waals surface area contributed by atoms with Crippen LogP contribution in [0.3, 0.4) is 0 Å². The summed E-state index contributed by atoms with van der Waals surface area (Å²) in [5, 5.41) is 2.76. The second-order valence-corrected chi connectivity index (χ2v) is 5.70. The van der Waals surface area contributed by atoms with E-state index in [2.05, 4.69) is 10.3 Å². The maximum atomic E-state index is 12.6. The summed E-state index contributed by atoms with van der Waals surface area (Å²) in [4.78, 5) is 43.5. The fourth-order valence-electron chi connectivity index (χ4n) is 2.51. The van der Waals surface area contributed by atoms with Crippen LogP contribution in [0.4, 0.5) is 4.79 Å². The van der Waals surface area contributed by atoms with Crippen molar-refractivity contribution in [3.8, 4) is 0 Å². The van der Waals surface area contributed by atoms with Gasteiger partial charge in [-0.05, 0) is 19.4 Å². The molecule has 2 rings (SSSR count). The molecule has 0 bridgehead atoms. The lowest BCUT2D eigenvalue weighted by Gasteiger charge is -2.34. The Morgan fingerprint density at radius 3 is 2.36 bits per heavy atom. The highest BCUT2D eigenvalue weighted by molar-refractivity contribution is 5.99. The van der Waals surface area contributed by atoms with E-state index in [1.807, 2.05) is 6.92 Å². The number of nitrogens with zero attached hydrogens (tertiary/aromatic N) is 3. The molecule has 0 aromatic carbocycles. The summed E-state index contributed by atoms with van der Waals surface area (Å²) in [5.41, 5.74) is 0.734. The molecule has 0 atom stereocenters. The maximum Gasteiger partial charge on any atom is 0.409 e. The van der Waals surface area contributed by atoms with Crippen LogP contribution in [0.1, 0.15) is 41.0 Å². The van der Waals surface area contributed by atoms with Gasteiger partial charge >= 0.3 is 6.09 Å². The second kappa shape index (κ2) is 9.00. The smallest absolute Gasteiger partial charge is 0.409 e. The van der Waals surface area contributed by atoms with Crippen molar-refractivity contribution in [2.45, 2.75) is 20.3 Å². The third-order valence-corrected chi connectivity index (χ3v) is 3.88. The molecule has 0 spiro atoms. The fourth-order valence-corrected chi connectivity index (χ4v) is 2.51. The Morgan fingerprint density at radius 2 is 1.72 bits per heavy atom. The van der Waals surface area contributed by atoms with Crippen molar-refractivity contribution >= 4 is 17.9 Å². The summed E-state index contributed by atoms with van der Waals surface area (Å²) in [6.45, 7) is 6.32. The number of carbonyl (C=O) groups excluding carboxylic acids is 3. The number of rotatable bonds is 5. The third-order valence-electron chi connectivity index (χ3n) is 3.88. The molecule has 1 fully saturated rings. The van der Waals surface area contributed by atoms with E-state index in [9.17, 15) is 14.4 Å². The van der Waals surface area contributed by atoms with Gasteiger partial charge in [-0.15, -0.1) is 0 Å². The van der Waals surface area contributed by atoms with Gasteiger partial charge in [0.25, 0.3) is 11.8 Å². The minimum absolute atomic E-state index is 0.193. The summed E-state index contributed by atoms with van der Waals surface area (Å²) in [7, 11) is 0. The average molecular weight is 348 g/mol. The SMILES string of the molecule is CCCNC(=O)c1cncc(C(=O)N2CCN(C(=O)OCC)CC2)c1. The van der Waals surface area contributed by atoms with Gasteiger partial charge in [-0.2, -0.15) is 0 Å². The summed E-state index contributed by atoms with van der Waals surface area (Å²) in [5.74, 6) is -0.433. The summed E-state index contributed by atoms with van der Waals surface area (Å²) < 4.78 is 4.97. The first-order valence-electron chi connectivity index (χ1n) is 8.51. The van der Waals surface area contributed by atoms with E-state index in [4.69, 9.17) is 4.74 Å². The Hall–Kier alpha value is -2.64. The van der Waals surface area contributed by atoms with Gasteiger partial charge in [-0.25, -0.2) is 4.79 Å². The normalized spacial score (nSPS) is 14.2. The minimum Gasteiger partial charge on any atom is -0.450 e. The van der Waals surface area contributed by atoms with Crippen LogP contribution in [0.2, 0.25) is 0 Å². The van der Waals surface area contributed by atoms with E-state index < -0.39 is 0 Å². The number of carbonyl (C=O) groups is 3. The van der Waals surface area contributed by atoms with Crippen LogP contribution in [-0.2, 0) is 4.74 Å². The highest BCUT2D eigenvalue weighted by Gasteiger charge is 2.26. The van der Waals surface area contributed by atoms with Gasteiger partial charge in [-0.3, -0.25) is 14.6 Å². The molecule has 1 N–H and O–H groups in total. The predicted molar refractivity (Wildman–Crippen MR) is 91.4 cm³/mol. The second-order valence-electron chi connectivity index (χ2n) is 5.70. The Bertz CT molecular complexity index is 627. The summed E-state index contributed by atoms with van der Waals surface area (Å²) >= 11 is 0. The van der Waals surface area contributed by atoms with Gasteiger partial charge in [0.05, 0.1) is 17.7 Å². The van der Waals surface area contributed by atoms with Crippen LogP contribution in [0.25, 0.3) is 0 Å². The molecule has 2 heterocycles. The first kappa shape index (κ1) is 18.7. The third kappa shape index (κ3) is 4.91. The van der Waals surface area contributed by atoms with Crippen molar-refractivity contribution in [2.75, 3.05) is 39.3 Å². The average Bonchev–Trinajstić information content (AvgIpc) is 2.66. The van der Waals surface area contributed by atoms with Crippen molar-refractivity contribution in [3.05, 3.63) is 29.6 Å². The van der Waals surface area contributed by atoms with E-state index in [0.29, 0.717) is 50.5 Å². The minimum atomic E-state index is -0.356. The molecule has 1 saturated heterocycles. The first-order valence-corrected chi connectivity index (χ1v) is 8.51. The van der Waals surface area contributed by atoms with E-state index in [0.717, 1.165) is 6.42 Å². The van der Waals surface area contributed by atoms with Gasteiger partial charge in [0.2, 0.25) is 0 Å². The van der Waals surface area contributed by atoms with Crippen molar-refractivity contribution in [3.63, 3.8) is 0 Å². The van der Waals surface area contributed by atoms with Crippen LogP contribution in [-0.4, -0.2) is 72.0 Å². The molecule has 1 aromatic heterocycles. The van der Waals surface area contributed by atoms with Crippen LogP contribution in [0, 0.1) is 0 Å². The zero-order valence-corrected chi connectivity index (χ0v) is 14.7. The zero-order chi connectivity index (χ0) is 18.2. The Kier molecular flexibility index (Phi) is 6.73. The number of hydrogen-bond donors (Lipinski definition) is 1. The van der Waals surface area contributed by atoms with Crippen molar-refractivity contribution < 1.29 is 19.1 Å². The largest absolute Gasteiger partial charge is 0.450 e. The molecule has 0 radical (unpaired) electrons. The quantitative estimate of drug-likeness (QED) is 0.861. The van der Waals surface area contributed by atoms with Crippen molar-refractivity contribution in [1.29, 1.82) is 0 Å². The predicted octanol–water partition coefficient (Wildman–Crippen LogP) is 1.14. The van der Waals surface area contributed by atoms with E-state index in [-0.39, 0.29) is 17.9 Å². The highest BCUT2D eigenvalue weighted by atomic mass is 16.6. The molecule has 1 aromatic rings. The van der Waals surface area contributed by atoms with Crippen LogP contribution in [0.5, 0.6) is 0 Å². The Morgan fingerprint density at radius 1 is 1.08 bits per heavy atom. The molecule has 1 aliphatic rings. The summed E-state index contributed by atoms with van der Waals surface area (Å²) in [6, 6.07) is 1.55. The molecule has 0 saturated carbocycles. The lowest BCUT2D eigenvalue weighted by atomic mass is 10.1. The monoisotopic (exact) mass is 348 g/mol. The number of amides is 3. The number of aromatic nitrogens is 1. The molecule has 1 aliphatic heterocycles. The lowest BCUT2D eigenvalue weighted by Crippen LogP contribution is -2.50. The van der Waals surface area contributed by atoms with Gasteiger partial charge in [0.1, 0.15) is 0 Å². The van der Waals surface area contributed by atoms with E-state index in [1.54, 1.807) is 22.8 Å². The van der Waals surface area contributed by atoms with Crippen LogP contribution < -0.4 is 5.32 Å². The molecular formula is C17H24N4O4. The standard InChI is InChI=1S/C17H24N4O4/c1-3-5-19-15(22)13-10-14(12-18-11-13)16(23)20-6-8-21(9-7-20)17(24)25-4-2/h10-12H,3-9H2,1-2H3,(H,19,22). The highest BCUT2D eigenvalue weighted by Crippen LogP contribution is 2.11. The molecule has 8 heteroatoms. The van der Waals surface area contributed by atoms with E-state index in [1.165, 1.54) is 12.4 Å². The van der Waals surface area contributed by atoms with Crippen molar-refractivity contribution in [2.24, 2.45) is 0 Å². The van der Waals surface area contributed by atoms with Gasteiger partial charge in [0, 0.05) is 45.1 Å². The van der Waals surface area contributed by atoms with Gasteiger partial charge < -0.3 is 19.9 Å². The number of piperazine rings is 1. The van der Waals surface area contributed by atoms with Gasteiger partial charge in [0.15, 0.2) is 0 Å². The van der Waals surface area contributed by atoms with E-state index >= 15 is 0 Å².